The molecule has 1 atom stereocenters. The van der Waals surface area contributed by atoms with E-state index in [-0.39, 0.29) is 12.1 Å². The van der Waals surface area contributed by atoms with Crippen LogP contribution in [0, 0.1) is 5.92 Å². The number of ether oxygens (including phenoxy) is 1. The lowest BCUT2D eigenvalue weighted by Crippen LogP contribution is -2.45. The first-order chi connectivity index (χ1) is 10.7. The molecular formula is C18H26N2O2. The van der Waals surface area contributed by atoms with Gasteiger partial charge < -0.3 is 15.4 Å². The highest BCUT2D eigenvalue weighted by atomic mass is 16.5. The van der Waals surface area contributed by atoms with Crippen molar-refractivity contribution in [2.45, 2.75) is 51.1 Å². The van der Waals surface area contributed by atoms with E-state index in [1.807, 2.05) is 0 Å². The summed E-state index contributed by atoms with van der Waals surface area (Å²) < 4.78 is 5.36. The fraction of sp³-hybridized carbons (Fsp3) is 0.611. The van der Waals surface area contributed by atoms with Gasteiger partial charge in [-0.2, -0.15) is 0 Å². The molecule has 3 rings (SSSR count). The van der Waals surface area contributed by atoms with E-state index in [1.54, 1.807) is 0 Å². The first-order valence-corrected chi connectivity index (χ1v) is 8.43. The van der Waals surface area contributed by atoms with Crippen LogP contribution in [0.2, 0.25) is 0 Å². The maximum Gasteiger partial charge on any atom is 0.315 e. The molecular weight excluding hydrogens is 276 g/mol. The molecule has 1 saturated heterocycles. The summed E-state index contributed by atoms with van der Waals surface area (Å²) in [7, 11) is 0. The minimum atomic E-state index is -0.0785. The Morgan fingerprint density at radius 2 is 1.86 bits per heavy atom. The van der Waals surface area contributed by atoms with E-state index < -0.39 is 0 Å². The van der Waals surface area contributed by atoms with Crippen LogP contribution in [0.3, 0.4) is 0 Å². The van der Waals surface area contributed by atoms with Crippen molar-refractivity contribution in [3.05, 3.63) is 35.4 Å². The van der Waals surface area contributed by atoms with Gasteiger partial charge in [0.05, 0.1) is 0 Å². The third-order valence-electron chi connectivity index (χ3n) is 4.81. The van der Waals surface area contributed by atoms with E-state index in [1.165, 1.54) is 18.4 Å². The number of amides is 2. The fourth-order valence-corrected chi connectivity index (χ4v) is 3.10. The summed E-state index contributed by atoms with van der Waals surface area (Å²) in [6.07, 6.45) is 4.71. The van der Waals surface area contributed by atoms with Crippen LogP contribution in [0.25, 0.3) is 0 Å². The number of hydrogen-bond acceptors (Lipinski definition) is 2. The first-order valence-electron chi connectivity index (χ1n) is 8.43. The predicted molar refractivity (Wildman–Crippen MR) is 86.8 cm³/mol. The lowest BCUT2D eigenvalue weighted by Gasteiger charge is -2.28. The second-order valence-corrected chi connectivity index (χ2v) is 6.58. The minimum Gasteiger partial charge on any atom is -0.381 e. The number of hydrogen-bond donors (Lipinski definition) is 2. The third-order valence-corrected chi connectivity index (χ3v) is 4.81. The van der Waals surface area contributed by atoms with Crippen molar-refractivity contribution in [1.82, 2.24) is 10.6 Å². The molecule has 4 heteroatoms. The molecule has 1 aromatic rings. The van der Waals surface area contributed by atoms with E-state index in [4.69, 9.17) is 4.74 Å². The first kappa shape index (κ1) is 15.3. The topological polar surface area (TPSA) is 50.4 Å². The van der Waals surface area contributed by atoms with Crippen LogP contribution in [0.15, 0.2) is 24.3 Å². The molecule has 0 spiro atoms. The van der Waals surface area contributed by atoms with Crippen molar-refractivity contribution in [1.29, 1.82) is 0 Å². The monoisotopic (exact) mass is 302 g/mol. The number of carbonyl (C=O) groups is 1. The van der Waals surface area contributed by atoms with Crippen LogP contribution < -0.4 is 10.6 Å². The Bertz CT molecular complexity index is 490. The van der Waals surface area contributed by atoms with Gasteiger partial charge in [-0.05, 0) is 55.6 Å². The maximum absolute atomic E-state index is 12.0. The van der Waals surface area contributed by atoms with E-state index in [2.05, 4.69) is 41.8 Å². The summed E-state index contributed by atoms with van der Waals surface area (Å²) in [4.78, 5) is 12.0. The SMILES string of the molecule is CC(NC(=O)NCc1ccc(C2CC2)cc1)C1CCOCC1. The zero-order valence-corrected chi connectivity index (χ0v) is 13.3. The highest BCUT2D eigenvalue weighted by Crippen LogP contribution is 2.39. The zero-order valence-electron chi connectivity index (χ0n) is 13.3. The van der Waals surface area contributed by atoms with Gasteiger partial charge in [0.1, 0.15) is 0 Å². The van der Waals surface area contributed by atoms with Crippen molar-refractivity contribution in [3.63, 3.8) is 0 Å². The van der Waals surface area contributed by atoms with Gasteiger partial charge in [0.2, 0.25) is 0 Å². The Balaban J connectivity index is 1.41. The zero-order chi connectivity index (χ0) is 15.4. The van der Waals surface area contributed by atoms with Gasteiger partial charge in [-0.3, -0.25) is 0 Å². The Hall–Kier alpha value is -1.55. The van der Waals surface area contributed by atoms with Crippen molar-refractivity contribution >= 4 is 6.03 Å². The van der Waals surface area contributed by atoms with Crippen molar-refractivity contribution in [2.24, 2.45) is 5.92 Å². The van der Waals surface area contributed by atoms with Gasteiger partial charge in [0.15, 0.2) is 0 Å². The van der Waals surface area contributed by atoms with Gasteiger partial charge in [-0.15, -0.1) is 0 Å². The number of carbonyl (C=O) groups excluding carboxylic acids is 1. The average molecular weight is 302 g/mol. The summed E-state index contributed by atoms with van der Waals surface area (Å²) >= 11 is 0. The highest BCUT2D eigenvalue weighted by molar-refractivity contribution is 5.74. The largest absolute Gasteiger partial charge is 0.381 e. The van der Waals surface area contributed by atoms with Crippen LogP contribution in [-0.4, -0.2) is 25.3 Å². The highest BCUT2D eigenvalue weighted by Gasteiger charge is 2.23. The van der Waals surface area contributed by atoms with Crippen LogP contribution in [0.5, 0.6) is 0 Å². The summed E-state index contributed by atoms with van der Waals surface area (Å²) in [5, 5.41) is 6.01. The summed E-state index contributed by atoms with van der Waals surface area (Å²) in [6.45, 7) is 4.29. The van der Waals surface area contributed by atoms with E-state index in [0.717, 1.165) is 37.5 Å². The second-order valence-electron chi connectivity index (χ2n) is 6.58. The third kappa shape index (κ3) is 4.23. The van der Waals surface area contributed by atoms with Gasteiger partial charge in [-0.1, -0.05) is 24.3 Å². The average Bonchev–Trinajstić information content (AvgIpc) is 3.39. The van der Waals surface area contributed by atoms with Gasteiger partial charge in [0.25, 0.3) is 0 Å². The summed E-state index contributed by atoms with van der Waals surface area (Å²) in [5.74, 6) is 1.31. The Morgan fingerprint density at radius 3 is 2.50 bits per heavy atom. The molecule has 22 heavy (non-hydrogen) atoms. The lowest BCUT2D eigenvalue weighted by atomic mass is 9.93. The Morgan fingerprint density at radius 1 is 1.18 bits per heavy atom. The maximum atomic E-state index is 12.0. The van der Waals surface area contributed by atoms with Gasteiger partial charge >= 0.3 is 6.03 Å². The molecule has 120 valence electrons. The van der Waals surface area contributed by atoms with Crippen molar-refractivity contribution in [3.8, 4) is 0 Å². The van der Waals surface area contributed by atoms with Crippen LogP contribution in [0.1, 0.15) is 49.7 Å². The number of rotatable bonds is 5. The molecule has 2 fully saturated rings. The molecule has 0 radical (unpaired) electrons. The fourth-order valence-electron chi connectivity index (χ4n) is 3.10. The predicted octanol–water partition coefficient (Wildman–Crippen LogP) is 3.18. The van der Waals surface area contributed by atoms with Gasteiger partial charge in [0, 0.05) is 25.8 Å². The molecule has 1 aliphatic carbocycles. The van der Waals surface area contributed by atoms with Crippen molar-refractivity contribution in [2.75, 3.05) is 13.2 Å². The molecule has 0 aromatic heterocycles. The molecule has 1 heterocycles. The van der Waals surface area contributed by atoms with Crippen molar-refractivity contribution < 1.29 is 9.53 Å². The van der Waals surface area contributed by atoms with Crippen LogP contribution in [-0.2, 0) is 11.3 Å². The van der Waals surface area contributed by atoms with Crippen LogP contribution in [0.4, 0.5) is 4.79 Å². The lowest BCUT2D eigenvalue weighted by molar-refractivity contribution is 0.0571. The summed E-state index contributed by atoms with van der Waals surface area (Å²) in [6, 6.07) is 8.74. The standard InChI is InChI=1S/C18H26N2O2/c1-13(15-8-10-22-11-9-15)20-18(21)19-12-14-2-4-16(5-3-14)17-6-7-17/h2-5,13,15,17H,6-12H2,1H3,(H2,19,20,21). The van der Waals surface area contributed by atoms with E-state index >= 15 is 0 Å². The van der Waals surface area contributed by atoms with Crippen LogP contribution >= 0.6 is 0 Å². The molecule has 2 N–H and O–H groups in total. The molecule has 2 aliphatic rings. The van der Waals surface area contributed by atoms with E-state index in [0.29, 0.717) is 12.5 Å². The molecule has 1 unspecified atom stereocenters. The quantitative estimate of drug-likeness (QED) is 0.877. The van der Waals surface area contributed by atoms with E-state index in [9.17, 15) is 4.79 Å². The van der Waals surface area contributed by atoms with Gasteiger partial charge in [-0.25, -0.2) is 4.79 Å². The Labute approximate surface area is 132 Å². The molecule has 4 nitrogen and oxygen atoms in total. The second kappa shape index (κ2) is 7.14. The number of urea groups is 1. The number of benzene rings is 1. The number of nitrogens with one attached hydrogen (secondary N) is 2. The molecule has 1 aliphatic heterocycles. The molecule has 2 amide bonds. The summed E-state index contributed by atoms with van der Waals surface area (Å²) in [5.41, 5.74) is 2.58. The molecule has 1 aromatic carbocycles. The normalized spacial score (nSPS) is 20.4. The molecule has 0 bridgehead atoms. The minimum absolute atomic E-state index is 0.0785. The smallest absolute Gasteiger partial charge is 0.315 e. The molecule has 1 saturated carbocycles. The Kier molecular flexibility index (Phi) is 4.98.